The number of nitro benzene ring substituents is 1. The highest BCUT2D eigenvalue weighted by molar-refractivity contribution is 5.98. The fourth-order valence-electron chi connectivity index (χ4n) is 4.46. The second-order valence-corrected chi connectivity index (χ2v) is 7.84. The van der Waals surface area contributed by atoms with Crippen molar-refractivity contribution >= 4 is 22.5 Å². The third-order valence-corrected chi connectivity index (χ3v) is 6.04. The number of amides is 1. The first-order chi connectivity index (χ1) is 15.5. The Kier molecular flexibility index (Phi) is 4.66. The summed E-state index contributed by atoms with van der Waals surface area (Å²) in [5.74, 6) is 0.582. The Morgan fingerprint density at radius 2 is 2.09 bits per heavy atom. The fourth-order valence-corrected chi connectivity index (χ4v) is 4.46. The van der Waals surface area contributed by atoms with E-state index in [2.05, 4.69) is 15.2 Å². The van der Waals surface area contributed by atoms with Gasteiger partial charge in [0, 0.05) is 47.0 Å². The monoisotopic (exact) mass is 431 g/mol. The lowest BCUT2D eigenvalue weighted by atomic mass is 9.98. The number of benzene rings is 2. The van der Waals surface area contributed by atoms with E-state index < -0.39 is 11.0 Å². The summed E-state index contributed by atoms with van der Waals surface area (Å²) in [4.78, 5) is 29.1. The number of hydrogen-bond donors (Lipinski definition) is 2. The van der Waals surface area contributed by atoms with Gasteiger partial charge in [0.25, 0.3) is 11.6 Å². The number of aromatic nitrogens is 3. The van der Waals surface area contributed by atoms with Crippen LogP contribution in [0.4, 0.5) is 5.69 Å². The number of ether oxygens (including phenoxy) is 1. The number of aryl methyl sites for hydroxylation is 1. The van der Waals surface area contributed by atoms with Crippen LogP contribution < -0.4 is 4.74 Å². The molecule has 0 saturated heterocycles. The van der Waals surface area contributed by atoms with Crippen molar-refractivity contribution in [1.29, 1.82) is 0 Å². The van der Waals surface area contributed by atoms with Crippen molar-refractivity contribution in [1.82, 2.24) is 20.1 Å². The zero-order valence-electron chi connectivity index (χ0n) is 17.6. The zero-order valence-corrected chi connectivity index (χ0v) is 17.6. The molecule has 1 aliphatic rings. The average molecular weight is 431 g/mol. The second-order valence-electron chi connectivity index (χ2n) is 7.84. The number of H-pyrrole nitrogens is 2. The fraction of sp³-hybridized carbons (Fsp3) is 0.217. The number of carbonyl (C=O) groups is 1. The van der Waals surface area contributed by atoms with E-state index in [-0.39, 0.29) is 11.6 Å². The van der Waals surface area contributed by atoms with Crippen molar-refractivity contribution < 1.29 is 14.5 Å². The van der Waals surface area contributed by atoms with E-state index in [1.54, 1.807) is 18.1 Å². The first-order valence-corrected chi connectivity index (χ1v) is 10.2. The molecule has 0 spiro atoms. The quantitative estimate of drug-likeness (QED) is 0.355. The van der Waals surface area contributed by atoms with Gasteiger partial charge >= 0.3 is 0 Å². The minimum absolute atomic E-state index is 0.00628. The summed E-state index contributed by atoms with van der Waals surface area (Å²) in [6.07, 6.45) is 2.55. The van der Waals surface area contributed by atoms with Gasteiger partial charge in [-0.05, 0) is 42.7 Å². The van der Waals surface area contributed by atoms with Crippen molar-refractivity contribution in [3.8, 4) is 5.75 Å². The normalized spacial score (nSPS) is 15.4. The number of aromatic amines is 2. The molecule has 1 aliphatic heterocycles. The van der Waals surface area contributed by atoms with Crippen molar-refractivity contribution in [2.45, 2.75) is 19.4 Å². The molecule has 0 unspecified atom stereocenters. The molecule has 9 heteroatoms. The number of rotatable bonds is 6. The van der Waals surface area contributed by atoms with E-state index in [9.17, 15) is 14.9 Å². The lowest BCUT2D eigenvalue weighted by molar-refractivity contribution is -0.384. The molecule has 4 aromatic rings. The van der Waals surface area contributed by atoms with Crippen LogP contribution in [-0.2, 0) is 6.42 Å². The minimum atomic E-state index is -0.434. The van der Waals surface area contributed by atoms with Crippen molar-refractivity contribution in [3.63, 3.8) is 0 Å². The highest BCUT2D eigenvalue weighted by Gasteiger charge is 2.41. The van der Waals surface area contributed by atoms with Gasteiger partial charge in [-0.2, -0.15) is 5.10 Å². The molecule has 1 amide bonds. The molecule has 2 N–H and O–H groups in total. The molecule has 5 rings (SSSR count). The first-order valence-electron chi connectivity index (χ1n) is 10.2. The third kappa shape index (κ3) is 3.09. The topological polar surface area (TPSA) is 117 Å². The minimum Gasteiger partial charge on any atom is -0.497 e. The van der Waals surface area contributed by atoms with Crippen LogP contribution in [0.1, 0.15) is 38.9 Å². The number of nitrogens with one attached hydrogen (secondary N) is 2. The maximum Gasteiger partial charge on any atom is 0.275 e. The molecular weight excluding hydrogens is 410 g/mol. The Morgan fingerprint density at radius 3 is 2.88 bits per heavy atom. The summed E-state index contributed by atoms with van der Waals surface area (Å²) >= 11 is 0. The van der Waals surface area contributed by atoms with E-state index in [0.717, 1.165) is 33.5 Å². The maximum absolute atomic E-state index is 13.2. The molecule has 0 fully saturated rings. The van der Waals surface area contributed by atoms with Crippen LogP contribution in [-0.4, -0.2) is 44.6 Å². The standard InChI is InChI=1S/C23H21N5O4/c1-13-20-21(26-25-13)23(29)27(22(20)14-4-3-5-16(10-14)28(30)31)9-8-15-12-24-19-7-6-17(32-2)11-18(15)19/h3-7,10-12,22,24H,8-9H2,1-2H3,(H,25,26)/t22-/m0/s1. The molecule has 3 heterocycles. The Morgan fingerprint density at radius 1 is 1.25 bits per heavy atom. The third-order valence-electron chi connectivity index (χ3n) is 6.04. The number of non-ortho nitro benzene ring substituents is 1. The summed E-state index contributed by atoms with van der Waals surface area (Å²) in [5.41, 5.74) is 4.67. The lowest BCUT2D eigenvalue weighted by Gasteiger charge is -2.26. The molecule has 0 saturated carbocycles. The van der Waals surface area contributed by atoms with E-state index >= 15 is 0 Å². The second kappa shape index (κ2) is 7.52. The number of nitro groups is 1. The molecule has 2 aromatic carbocycles. The van der Waals surface area contributed by atoms with E-state index in [0.29, 0.717) is 24.2 Å². The van der Waals surface area contributed by atoms with Crippen LogP contribution in [0, 0.1) is 17.0 Å². The number of fused-ring (bicyclic) bond motifs is 2. The summed E-state index contributed by atoms with van der Waals surface area (Å²) in [7, 11) is 1.63. The van der Waals surface area contributed by atoms with Crippen molar-refractivity contribution in [3.05, 3.63) is 86.9 Å². The number of methoxy groups -OCH3 is 1. The Hall–Kier alpha value is -4.14. The summed E-state index contributed by atoms with van der Waals surface area (Å²) in [5, 5.41) is 19.5. The smallest absolute Gasteiger partial charge is 0.275 e. The molecule has 0 aliphatic carbocycles. The van der Waals surface area contributed by atoms with Crippen LogP contribution in [0.3, 0.4) is 0 Å². The van der Waals surface area contributed by atoms with E-state index in [1.807, 2.05) is 37.4 Å². The number of hydrogen-bond acceptors (Lipinski definition) is 5. The highest BCUT2D eigenvalue weighted by Crippen LogP contribution is 2.40. The Balaban J connectivity index is 1.50. The zero-order chi connectivity index (χ0) is 22.4. The first kappa shape index (κ1) is 19.8. The molecule has 162 valence electrons. The molecule has 1 atom stereocenters. The Bertz CT molecular complexity index is 1360. The molecule has 9 nitrogen and oxygen atoms in total. The van der Waals surface area contributed by atoms with Gasteiger partial charge in [0.1, 0.15) is 5.75 Å². The van der Waals surface area contributed by atoms with Gasteiger partial charge in [-0.3, -0.25) is 20.0 Å². The maximum atomic E-state index is 13.2. The summed E-state index contributed by atoms with van der Waals surface area (Å²) in [6.45, 7) is 2.30. The van der Waals surface area contributed by atoms with Gasteiger partial charge in [0.15, 0.2) is 5.69 Å². The predicted molar refractivity (Wildman–Crippen MR) is 118 cm³/mol. The molecule has 0 radical (unpaired) electrons. The van der Waals surface area contributed by atoms with Gasteiger partial charge < -0.3 is 14.6 Å². The van der Waals surface area contributed by atoms with Gasteiger partial charge in [-0.15, -0.1) is 0 Å². The summed E-state index contributed by atoms with van der Waals surface area (Å²) in [6, 6.07) is 11.8. The predicted octanol–water partition coefficient (Wildman–Crippen LogP) is 3.90. The highest BCUT2D eigenvalue weighted by atomic mass is 16.6. The average Bonchev–Trinajstić information content (AvgIpc) is 3.46. The number of carbonyl (C=O) groups excluding carboxylic acids is 1. The molecule has 2 aromatic heterocycles. The largest absolute Gasteiger partial charge is 0.497 e. The van der Waals surface area contributed by atoms with Gasteiger partial charge in [0.2, 0.25) is 0 Å². The van der Waals surface area contributed by atoms with Gasteiger partial charge in [0.05, 0.1) is 18.1 Å². The van der Waals surface area contributed by atoms with Crippen LogP contribution in [0.2, 0.25) is 0 Å². The van der Waals surface area contributed by atoms with E-state index in [4.69, 9.17) is 4.74 Å². The Labute approximate surface area is 183 Å². The SMILES string of the molecule is COc1ccc2[nH]cc(CCN3C(=O)c4n[nH]c(C)c4[C@@H]3c3cccc([N+](=O)[O-])c3)c2c1. The summed E-state index contributed by atoms with van der Waals surface area (Å²) < 4.78 is 5.35. The van der Waals surface area contributed by atoms with Crippen LogP contribution in [0.25, 0.3) is 10.9 Å². The molecule has 0 bridgehead atoms. The van der Waals surface area contributed by atoms with Crippen molar-refractivity contribution in [2.24, 2.45) is 0 Å². The van der Waals surface area contributed by atoms with Crippen molar-refractivity contribution in [2.75, 3.05) is 13.7 Å². The van der Waals surface area contributed by atoms with Crippen LogP contribution in [0.5, 0.6) is 5.75 Å². The van der Waals surface area contributed by atoms with Crippen LogP contribution in [0.15, 0.2) is 48.7 Å². The van der Waals surface area contributed by atoms with Gasteiger partial charge in [-0.1, -0.05) is 12.1 Å². The lowest BCUT2D eigenvalue weighted by Crippen LogP contribution is -2.31. The van der Waals surface area contributed by atoms with Gasteiger partial charge in [-0.25, -0.2) is 0 Å². The molecule has 32 heavy (non-hydrogen) atoms. The van der Waals surface area contributed by atoms with E-state index in [1.165, 1.54) is 12.1 Å². The number of nitrogens with zero attached hydrogens (tertiary/aromatic N) is 3. The van der Waals surface area contributed by atoms with Crippen LogP contribution >= 0.6 is 0 Å². The molecular formula is C23H21N5O4.